The van der Waals surface area contributed by atoms with Crippen LogP contribution in [0.15, 0.2) is 24.3 Å². The summed E-state index contributed by atoms with van der Waals surface area (Å²) in [4.78, 5) is 15.4. The highest BCUT2D eigenvalue weighted by atomic mass is 19.1. The Morgan fingerprint density at radius 1 is 1.32 bits per heavy atom. The van der Waals surface area contributed by atoms with E-state index in [1.165, 1.54) is 12.1 Å². The Bertz CT molecular complexity index is 466. The summed E-state index contributed by atoms with van der Waals surface area (Å²) in [6, 6.07) is 6.05. The van der Waals surface area contributed by atoms with E-state index in [0.29, 0.717) is 13.1 Å². The number of carbonyl (C=O) groups excluding carboxylic acids is 1. The predicted octanol–water partition coefficient (Wildman–Crippen LogP) is 1.37. The SMILES string of the molecule is CCN(CC)C(=O)CN(C)CC(O)COc1ccccc1F. The van der Waals surface area contributed by atoms with Gasteiger partial charge in [0.25, 0.3) is 0 Å². The molecule has 0 aromatic heterocycles. The molecule has 0 radical (unpaired) electrons. The maximum absolute atomic E-state index is 13.4. The zero-order chi connectivity index (χ0) is 16.5. The number of benzene rings is 1. The first-order chi connectivity index (χ1) is 10.5. The number of nitrogens with zero attached hydrogens (tertiary/aromatic N) is 2. The van der Waals surface area contributed by atoms with Gasteiger partial charge in [-0.25, -0.2) is 4.39 Å². The normalized spacial score (nSPS) is 12.3. The second-order valence-corrected chi connectivity index (χ2v) is 5.16. The van der Waals surface area contributed by atoms with Crippen molar-refractivity contribution in [3.05, 3.63) is 30.1 Å². The van der Waals surface area contributed by atoms with Gasteiger partial charge in [-0.1, -0.05) is 12.1 Å². The molecule has 0 heterocycles. The summed E-state index contributed by atoms with van der Waals surface area (Å²) in [7, 11) is 1.76. The van der Waals surface area contributed by atoms with E-state index >= 15 is 0 Å². The first-order valence-corrected chi connectivity index (χ1v) is 7.49. The summed E-state index contributed by atoms with van der Waals surface area (Å²) in [5.74, 6) is -0.321. The maximum atomic E-state index is 13.4. The molecule has 0 saturated carbocycles. The van der Waals surface area contributed by atoms with Crippen LogP contribution < -0.4 is 4.74 Å². The summed E-state index contributed by atoms with van der Waals surface area (Å²) in [5, 5.41) is 9.92. The summed E-state index contributed by atoms with van der Waals surface area (Å²) in [5.41, 5.74) is 0. The summed E-state index contributed by atoms with van der Waals surface area (Å²) < 4.78 is 18.6. The molecule has 1 unspecified atom stereocenters. The highest BCUT2D eigenvalue weighted by molar-refractivity contribution is 5.78. The molecule has 1 aromatic rings. The minimum Gasteiger partial charge on any atom is -0.488 e. The van der Waals surface area contributed by atoms with Crippen LogP contribution in [0.1, 0.15) is 13.8 Å². The third-order valence-electron chi connectivity index (χ3n) is 3.31. The average molecular weight is 312 g/mol. The van der Waals surface area contributed by atoms with Crippen molar-refractivity contribution in [2.45, 2.75) is 20.0 Å². The fourth-order valence-corrected chi connectivity index (χ4v) is 2.13. The van der Waals surface area contributed by atoms with E-state index in [4.69, 9.17) is 4.74 Å². The van der Waals surface area contributed by atoms with Gasteiger partial charge in [0.2, 0.25) is 5.91 Å². The van der Waals surface area contributed by atoms with E-state index in [9.17, 15) is 14.3 Å². The average Bonchev–Trinajstić information content (AvgIpc) is 2.47. The van der Waals surface area contributed by atoms with Gasteiger partial charge < -0.3 is 14.7 Å². The Kier molecular flexibility index (Phi) is 7.84. The number of rotatable bonds is 9. The van der Waals surface area contributed by atoms with Gasteiger partial charge in [-0.05, 0) is 33.0 Å². The topological polar surface area (TPSA) is 53.0 Å². The Morgan fingerprint density at radius 2 is 1.95 bits per heavy atom. The molecule has 1 rings (SSSR count). The lowest BCUT2D eigenvalue weighted by Crippen LogP contribution is -2.42. The molecule has 5 nitrogen and oxygen atoms in total. The fraction of sp³-hybridized carbons (Fsp3) is 0.562. The Labute approximate surface area is 131 Å². The highest BCUT2D eigenvalue weighted by Crippen LogP contribution is 2.15. The minimum atomic E-state index is -0.797. The van der Waals surface area contributed by atoms with Crippen molar-refractivity contribution in [2.75, 3.05) is 39.8 Å². The van der Waals surface area contributed by atoms with Crippen LogP contribution in [0.3, 0.4) is 0 Å². The summed E-state index contributed by atoms with van der Waals surface area (Å²) >= 11 is 0. The molecule has 124 valence electrons. The Morgan fingerprint density at radius 3 is 2.55 bits per heavy atom. The van der Waals surface area contributed by atoms with Crippen LogP contribution >= 0.6 is 0 Å². The monoisotopic (exact) mass is 312 g/mol. The van der Waals surface area contributed by atoms with Crippen molar-refractivity contribution in [3.63, 3.8) is 0 Å². The van der Waals surface area contributed by atoms with Gasteiger partial charge in [-0.3, -0.25) is 9.69 Å². The van der Waals surface area contributed by atoms with Gasteiger partial charge in [0.05, 0.1) is 6.54 Å². The van der Waals surface area contributed by atoms with Gasteiger partial charge in [0, 0.05) is 19.6 Å². The Hall–Kier alpha value is -1.66. The second-order valence-electron chi connectivity index (χ2n) is 5.16. The van der Waals surface area contributed by atoms with Gasteiger partial charge in [-0.2, -0.15) is 0 Å². The van der Waals surface area contributed by atoms with E-state index in [1.54, 1.807) is 29.0 Å². The lowest BCUT2D eigenvalue weighted by molar-refractivity contribution is -0.132. The molecule has 0 saturated heterocycles. The molecule has 0 bridgehead atoms. The third-order valence-corrected chi connectivity index (χ3v) is 3.31. The molecule has 1 atom stereocenters. The fourth-order valence-electron chi connectivity index (χ4n) is 2.13. The molecule has 1 amide bonds. The number of ether oxygens (including phenoxy) is 1. The van der Waals surface area contributed by atoms with Crippen LogP contribution in [0.4, 0.5) is 4.39 Å². The highest BCUT2D eigenvalue weighted by Gasteiger charge is 2.15. The standard InChI is InChI=1S/C16H25FN2O3/c1-4-19(5-2)16(21)11-18(3)10-13(20)12-22-15-9-7-6-8-14(15)17/h6-9,13,20H,4-5,10-12H2,1-3H3. The van der Waals surface area contributed by atoms with Crippen molar-refractivity contribution >= 4 is 5.91 Å². The third kappa shape index (κ3) is 5.99. The van der Waals surface area contributed by atoms with Gasteiger partial charge >= 0.3 is 0 Å². The molecule has 0 spiro atoms. The number of aliphatic hydroxyl groups excluding tert-OH is 1. The zero-order valence-corrected chi connectivity index (χ0v) is 13.5. The maximum Gasteiger partial charge on any atom is 0.236 e. The molecule has 1 aromatic carbocycles. The lowest BCUT2D eigenvalue weighted by atomic mass is 10.3. The van der Waals surface area contributed by atoms with E-state index in [2.05, 4.69) is 0 Å². The molecule has 6 heteroatoms. The van der Waals surface area contributed by atoms with Crippen LogP contribution in [0.2, 0.25) is 0 Å². The van der Waals surface area contributed by atoms with Crippen LogP contribution in [0, 0.1) is 5.82 Å². The lowest BCUT2D eigenvalue weighted by Gasteiger charge is -2.24. The smallest absolute Gasteiger partial charge is 0.236 e. The van der Waals surface area contributed by atoms with Crippen LogP contribution in [0.25, 0.3) is 0 Å². The van der Waals surface area contributed by atoms with Crippen LogP contribution in [-0.4, -0.2) is 66.8 Å². The van der Waals surface area contributed by atoms with Crippen molar-refractivity contribution in [3.8, 4) is 5.75 Å². The number of halogens is 1. The molecular weight excluding hydrogens is 287 g/mol. The van der Waals surface area contributed by atoms with Gasteiger partial charge in [0.15, 0.2) is 11.6 Å². The summed E-state index contributed by atoms with van der Waals surface area (Å²) in [6.45, 7) is 5.69. The van der Waals surface area contributed by atoms with Crippen molar-refractivity contribution < 1.29 is 19.0 Å². The molecular formula is C16H25FN2O3. The number of hydrogen-bond acceptors (Lipinski definition) is 4. The largest absolute Gasteiger partial charge is 0.488 e. The molecule has 0 aliphatic carbocycles. The Balaban J connectivity index is 2.36. The van der Waals surface area contributed by atoms with Crippen molar-refractivity contribution in [1.29, 1.82) is 0 Å². The van der Waals surface area contributed by atoms with Gasteiger partial charge in [0.1, 0.15) is 12.7 Å². The zero-order valence-electron chi connectivity index (χ0n) is 13.5. The second kappa shape index (κ2) is 9.38. The van der Waals surface area contributed by atoms with Crippen LogP contribution in [-0.2, 0) is 4.79 Å². The predicted molar refractivity (Wildman–Crippen MR) is 83.3 cm³/mol. The molecule has 1 N–H and O–H groups in total. The first kappa shape index (κ1) is 18.4. The van der Waals surface area contributed by atoms with E-state index in [-0.39, 0.29) is 31.4 Å². The van der Waals surface area contributed by atoms with Crippen LogP contribution in [0.5, 0.6) is 5.75 Å². The number of carbonyl (C=O) groups is 1. The number of likely N-dealkylation sites (N-methyl/N-ethyl adjacent to an activating group) is 2. The van der Waals surface area contributed by atoms with E-state index < -0.39 is 11.9 Å². The number of para-hydroxylation sites is 1. The van der Waals surface area contributed by atoms with Crippen molar-refractivity contribution in [1.82, 2.24) is 9.80 Å². The van der Waals surface area contributed by atoms with E-state index in [1.807, 2.05) is 13.8 Å². The minimum absolute atomic E-state index is 0.0229. The molecule has 0 fully saturated rings. The van der Waals surface area contributed by atoms with E-state index in [0.717, 1.165) is 0 Å². The molecule has 0 aliphatic heterocycles. The molecule has 0 aliphatic rings. The van der Waals surface area contributed by atoms with Crippen molar-refractivity contribution in [2.24, 2.45) is 0 Å². The number of amides is 1. The summed E-state index contributed by atoms with van der Waals surface area (Å²) in [6.07, 6.45) is -0.797. The number of hydrogen-bond donors (Lipinski definition) is 1. The first-order valence-electron chi connectivity index (χ1n) is 7.49. The number of aliphatic hydroxyl groups is 1. The molecule has 22 heavy (non-hydrogen) atoms. The quantitative estimate of drug-likeness (QED) is 0.748. The van der Waals surface area contributed by atoms with Gasteiger partial charge in [-0.15, -0.1) is 0 Å².